The summed E-state index contributed by atoms with van der Waals surface area (Å²) in [4.78, 5) is 0. The van der Waals surface area contributed by atoms with Crippen molar-refractivity contribution in [2.24, 2.45) is 0 Å². The first-order valence-corrected chi connectivity index (χ1v) is 5.42. The van der Waals surface area contributed by atoms with Crippen molar-refractivity contribution in [3.63, 3.8) is 0 Å². The lowest BCUT2D eigenvalue weighted by Gasteiger charge is -2.40. The van der Waals surface area contributed by atoms with Crippen LogP contribution in [0, 0.1) is 0 Å². The van der Waals surface area contributed by atoms with Gasteiger partial charge in [0.05, 0.1) is 0 Å². The van der Waals surface area contributed by atoms with Crippen molar-refractivity contribution >= 4 is 8.72 Å². The van der Waals surface area contributed by atoms with Crippen LogP contribution >= 0.6 is 0 Å². The lowest BCUT2D eigenvalue weighted by Crippen LogP contribution is -2.61. The Morgan fingerprint density at radius 2 is 1.80 bits per heavy atom. The van der Waals surface area contributed by atoms with E-state index in [1.54, 1.807) is 14.2 Å². The number of rotatable bonds is 3. The zero-order valence-electron chi connectivity index (χ0n) is 6.59. The lowest BCUT2D eigenvalue weighted by molar-refractivity contribution is -0.120. The Morgan fingerprint density at radius 3 is 1.90 bits per heavy atom. The molecule has 10 heavy (non-hydrogen) atoms. The van der Waals surface area contributed by atoms with Gasteiger partial charge in [0, 0.05) is 14.2 Å². The summed E-state index contributed by atoms with van der Waals surface area (Å²) in [6.45, 7) is 3.28. The van der Waals surface area contributed by atoms with Crippen LogP contribution in [0.5, 0.6) is 0 Å². The highest BCUT2D eigenvalue weighted by molar-refractivity contribution is 6.63. The van der Waals surface area contributed by atoms with Gasteiger partial charge < -0.3 is 13.6 Å². The molecule has 4 nitrogen and oxygen atoms in total. The van der Waals surface area contributed by atoms with Gasteiger partial charge in [-0.15, -0.1) is 0 Å². The predicted molar refractivity (Wildman–Crippen MR) is 38.3 cm³/mol. The van der Waals surface area contributed by atoms with Gasteiger partial charge in [-0.3, -0.25) is 0 Å². The maximum Gasteiger partial charge on any atom is 0.427 e. The minimum atomic E-state index is -2.01. The second-order valence-electron chi connectivity index (χ2n) is 2.31. The maximum absolute atomic E-state index is 5.25. The van der Waals surface area contributed by atoms with Gasteiger partial charge in [0.2, 0.25) is 0 Å². The average Bonchev–Trinajstić information content (AvgIpc) is 1.84. The van der Waals surface area contributed by atoms with Gasteiger partial charge in [-0.25, -0.2) is 4.57 Å². The molecule has 1 aliphatic rings. The van der Waals surface area contributed by atoms with Gasteiger partial charge in [0.1, 0.15) is 13.5 Å². The Bertz CT molecular complexity index is 113. The van der Waals surface area contributed by atoms with Crippen LogP contribution in [0.2, 0.25) is 6.55 Å². The number of nitrogens with zero attached hydrogens (tertiary/aromatic N) is 1. The molecule has 0 amide bonds. The highest BCUT2D eigenvalue weighted by Gasteiger charge is 2.41. The second-order valence-corrected chi connectivity index (χ2v) is 5.55. The van der Waals surface area contributed by atoms with Gasteiger partial charge in [-0.05, 0) is 6.55 Å². The van der Waals surface area contributed by atoms with E-state index in [2.05, 4.69) is 4.57 Å². The SMILES string of the molecule is CO[Si](C)(OC)N1COC1. The van der Waals surface area contributed by atoms with E-state index in [9.17, 15) is 0 Å². The van der Waals surface area contributed by atoms with Gasteiger partial charge in [0.25, 0.3) is 0 Å². The first-order chi connectivity index (χ1) is 4.73. The molecular formula is C5H13NO3Si. The highest BCUT2D eigenvalue weighted by atomic mass is 28.4. The Labute approximate surface area is 62.0 Å². The molecule has 0 radical (unpaired) electrons. The van der Waals surface area contributed by atoms with Crippen LogP contribution in [0.25, 0.3) is 0 Å². The molecular weight excluding hydrogens is 150 g/mol. The van der Waals surface area contributed by atoms with E-state index in [0.29, 0.717) is 13.5 Å². The Hall–Kier alpha value is 0.0569. The van der Waals surface area contributed by atoms with E-state index >= 15 is 0 Å². The molecule has 1 fully saturated rings. The van der Waals surface area contributed by atoms with E-state index in [4.69, 9.17) is 13.6 Å². The number of hydrogen-bond donors (Lipinski definition) is 0. The van der Waals surface area contributed by atoms with E-state index in [1.807, 2.05) is 6.55 Å². The van der Waals surface area contributed by atoms with Gasteiger partial charge >= 0.3 is 8.72 Å². The second kappa shape index (κ2) is 2.98. The zero-order valence-corrected chi connectivity index (χ0v) is 7.59. The maximum atomic E-state index is 5.25. The summed E-state index contributed by atoms with van der Waals surface area (Å²) in [5, 5.41) is 0. The van der Waals surface area contributed by atoms with Crippen LogP contribution in [-0.2, 0) is 13.6 Å². The van der Waals surface area contributed by atoms with Crippen LogP contribution in [0.3, 0.4) is 0 Å². The van der Waals surface area contributed by atoms with E-state index < -0.39 is 8.72 Å². The van der Waals surface area contributed by atoms with Crippen molar-refractivity contribution in [3.05, 3.63) is 0 Å². The summed E-state index contributed by atoms with van der Waals surface area (Å²) >= 11 is 0. The molecule has 0 unspecified atom stereocenters. The first kappa shape index (κ1) is 8.16. The fourth-order valence-corrected chi connectivity index (χ4v) is 2.09. The van der Waals surface area contributed by atoms with Crippen molar-refractivity contribution in [3.8, 4) is 0 Å². The van der Waals surface area contributed by atoms with Crippen molar-refractivity contribution in [2.75, 3.05) is 27.7 Å². The molecule has 0 aromatic rings. The van der Waals surface area contributed by atoms with Crippen molar-refractivity contribution in [1.82, 2.24) is 4.57 Å². The summed E-state index contributed by atoms with van der Waals surface area (Å²) in [6, 6.07) is 0. The van der Waals surface area contributed by atoms with Crippen LogP contribution in [0.4, 0.5) is 0 Å². The average molecular weight is 163 g/mol. The fraction of sp³-hybridized carbons (Fsp3) is 1.00. The molecule has 0 aliphatic carbocycles. The Kier molecular flexibility index (Phi) is 2.43. The summed E-state index contributed by atoms with van der Waals surface area (Å²) in [5.74, 6) is 0. The molecule has 60 valence electrons. The molecule has 0 bridgehead atoms. The molecule has 1 rings (SSSR count). The minimum Gasteiger partial charge on any atom is -0.386 e. The van der Waals surface area contributed by atoms with E-state index in [0.717, 1.165) is 0 Å². The lowest BCUT2D eigenvalue weighted by atomic mass is 10.9. The third kappa shape index (κ3) is 1.23. The van der Waals surface area contributed by atoms with Crippen LogP contribution in [-0.4, -0.2) is 41.0 Å². The smallest absolute Gasteiger partial charge is 0.386 e. The molecule has 1 aliphatic heterocycles. The first-order valence-electron chi connectivity index (χ1n) is 3.16. The Morgan fingerprint density at radius 1 is 1.30 bits per heavy atom. The standard InChI is InChI=1S/C5H13NO3Si/c1-7-10(3,8-2)6-4-9-5-6/h4-5H2,1-3H3. The predicted octanol–water partition coefficient (Wildman–Crippen LogP) is 0.0951. The highest BCUT2D eigenvalue weighted by Crippen LogP contribution is 2.16. The topological polar surface area (TPSA) is 30.9 Å². The normalized spacial score (nSPS) is 20.7. The monoisotopic (exact) mass is 163 g/mol. The summed E-state index contributed by atoms with van der Waals surface area (Å²) in [7, 11) is 1.34. The van der Waals surface area contributed by atoms with E-state index in [1.165, 1.54) is 0 Å². The van der Waals surface area contributed by atoms with E-state index in [-0.39, 0.29) is 0 Å². The summed E-state index contributed by atoms with van der Waals surface area (Å²) in [5.41, 5.74) is 0. The van der Waals surface area contributed by atoms with Crippen molar-refractivity contribution < 1.29 is 13.6 Å². The number of ether oxygens (including phenoxy) is 1. The number of hydrogen-bond acceptors (Lipinski definition) is 4. The zero-order chi connectivity index (χ0) is 7.61. The third-order valence-electron chi connectivity index (χ3n) is 1.83. The molecule has 0 spiro atoms. The quantitative estimate of drug-likeness (QED) is 0.552. The molecule has 0 aromatic carbocycles. The van der Waals surface area contributed by atoms with Gasteiger partial charge in [0.15, 0.2) is 0 Å². The third-order valence-corrected chi connectivity index (χ3v) is 4.75. The van der Waals surface area contributed by atoms with Crippen LogP contribution in [0.15, 0.2) is 0 Å². The minimum absolute atomic E-state index is 0.643. The van der Waals surface area contributed by atoms with Crippen LogP contribution < -0.4 is 0 Å². The molecule has 0 N–H and O–H groups in total. The van der Waals surface area contributed by atoms with Crippen molar-refractivity contribution in [1.29, 1.82) is 0 Å². The largest absolute Gasteiger partial charge is 0.427 e. The Balaban J connectivity index is 2.44. The molecule has 0 saturated carbocycles. The van der Waals surface area contributed by atoms with Crippen molar-refractivity contribution in [2.45, 2.75) is 6.55 Å². The molecule has 5 heteroatoms. The molecule has 0 aromatic heterocycles. The molecule has 1 heterocycles. The summed E-state index contributed by atoms with van der Waals surface area (Å²) < 4.78 is 17.6. The van der Waals surface area contributed by atoms with Crippen LogP contribution in [0.1, 0.15) is 0 Å². The van der Waals surface area contributed by atoms with Gasteiger partial charge in [-0.1, -0.05) is 0 Å². The summed E-state index contributed by atoms with van der Waals surface area (Å²) in [6.07, 6.45) is 0. The fourth-order valence-electron chi connectivity index (χ4n) is 0.759. The molecule has 0 atom stereocenters. The van der Waals surface area contributed by atoms with Gasteiger partial charge in [-0.2, -0.15) is 0 Å². The molecule has 1 saturated heterocycles.